The maximum Gasteiger partial charge on any atom is 0.331 e. The molecule has 5 nitrogen and oxygen atoms in total. The summed E-state index contributed by atoms with van der Waals surface area (Å²) in [5, 5.41) is 0. The fourth-order valence-corrected chi connectivity index (χ4v) is 1.60. The third kappa shape index (κ3) is 2.53. The van der Waals surface area contributed by atoms with Crippen LogP contribution in [0.1, 0.15) is 27.2 Å². The first-order valence-electron chi connectivity index (χ1n) is 5.57. The molecular formula is C11H19N3O2. The van der Waals surface area contributed by atoms with Gasteiger partial charge in [0.1, 0.15) is 5.69 Å². The van der Waals surface area contributed by atoms with Gasteiger partial charge in [0, 0.05) is 19.3 Å². The number of hydrogen-bond donors (Lipinski definition) is 1. The van der Waals surface area contributed by atoms with E-state index in [9.17, 15) is 9.59 Å². The van der Waals surface area contributed by atoms with Gasteiger partial charge in [-0.15, -0.1) is 0 Å². The molecule has 0 atom stereocenters. The molecule has 1 aromatic rings. The predicted molar refractivity (Wildman–Crippen MR) is 64.5 cm³/mol. The Morgan fingerprint density at radius 3 is 2.50 bits per heavy atom. The zero-order valence-electron chi connectivity index (χ0n) is 10.1. The van der Waals surface area contributed by atoms with Gasteiger partial charge in [0.25, 0.3) is 5.56 Å². The van der Waals surface area contributed by atoms with Crippen LogP contribution in [0.5, 0.6) is 0 Å². The molecule has 0 saturated heterocycles. The monoisotopic (exact) mass is 225 g/mol. The van der Waals surface area contributed by atoms with Crippen LogP contribution in [0, 0.1) is 5.92 Å². The number of aromatic nitrogens is 2. The zero-order chi connectivity index (χ0) is 12.3. The molecule has 0 unspecified atom stereocenters. The lowest BCUT2D eigenvalue weighted by Gasteiger charge is -2.12. The average Bonchev–Trinajstić information content (AvgIpc) is 2.21. The largest absolute Gasteiger partial charge is 0.393 e. The maximum atomic E-state index is 11.9. The summed E-state index contributed by atoms with van der Waals surface area (Å²) in [5.74, 6) is 0.238. The average molecular weight is 225 g/mol. The minimum absolute atomic E-state index is 0.133. The van der Waals surface area contributed by atoms with Crippen molar-refractivity contribution in [2.24, 2.45) is 5.92 Å². The van der Waals surface area contributed by atoms with Crippen molar-refractivity contribution in [1.29, 1.82) is 0 Å². The van der Waals surface area contributed by atoms with Crippen molar-refractivity contribution in [3.8, 4) is 0 Å². The minimum atomic E-state index is -0.383. The van der Waals surface area contributed by atoms with Gasteiger partial charge >= 0.3 is 5.69 Å². The highest BCUT2D eigenvalue weighted by Crippen LogP contribution is 1.96. The Bertz CT molecular complexity index is 471. The van der Waals surface area contributed by atoms with Crippen molar-refractivity contribution < 1.29 is 0 Å². The highest BCUT2D eigenvalue weighted by atomic mass is 16.2. The molecule has 1 rings (SSSR count). The first-order chi connectivity index (χ1) is 7.47. The van der Waals surface area contributed by atoms with Crippen LogP contribution < -0.4 is 17.0 Å². The molecule has 90 valence electrons. The van der Waals surface area contributed by atoms with E-state index in [1.807, 2.05) is 20.8 Å². The molecule has 1 aromatic heterocycles. The predicted octanol–water partition coefficient (Wildman–Crippen LogP) is 0.658. The molecule has 2 N–H and O–H groups in total. The molecule has 0 aliphatic heterocycles. The van der Waals surface area contributed by atoms with Crippen LogP contribution in [0.3, 0.4) is 0 Å². The molecule has 16 heavy (non-hydrogen) atoms. The fourth-order valence-electron chi connectivity index (χ4n) is 1.60. The summed E-state index contributed by atoms with van der Waals surface area (Å²) in [4.78, 5) is 23.6. The summed E-state index contributed by atoms with van der Waals surface area (Å²) < 4.78 is 2.72. The van der Waals surface area contributed by atoms with E-state index in [1.165, 1.54) is 15.3 Å². The van der Waals surface area contributed by atoms with Gasteiger partial charge in [-0.2, -0.15) is 0 Å². The maximum absolute atomic E-state index is 11.9. The molecule has 0 fully saturated rings. The van der Waals surface area contributed by atoms with E-state index in [0.717, 1.165) is 6.42 Å². The zero-order valence-corrected chi connectivity index (χ0v) is 10.1. The fraction of sp³-hybridized carbons (Fsp3) is 0.636. The van der Waals surface area contributed by atoms with E-state index in [4.69, 9.17) is 5.73 Å². The van der Waals surface area contributed by atoms with Crippen molar-refractivity contribution in [1.82, 2.24) is 9.13 Å². The van der Waals surface area contributed by atoms with Crippen LogP contribution in [-0.2, 0) is 13.1 Å². The second-order valence-corrected chi connectivity index (χ2v) is 4.37. The standard InChI is InChI=1S/C11H19N3O2/c1-4-5-13-7-9(12)10(15)14(11(13)16)6-8(2)3/h7-8H,4-6,12H2,1-3H3. The Morgan fingerprint density at radius 1 is 1.38 bits per heavy atom. The van der Waals surface area contributed by atoms with Crippen LogP contribution in [0.15, 0.2) is 15.8 Å². The molecule has 0 aliphatic rings. The number of aryl methyl sites for hydroxylation is 1. The van der Waals surface area contributed by atoms with Crippen molar-refractivity contribution in [2.75, 3.05) is 5.73 Å². The first-order valence-corrected chi connectivity index (χ1v) is 5.57. The van der Waals surface area contributed by atoms with Gasteiger partial charge in [-0.1, -0.05) is 20.8 Å². The summed E-state index contributed by atoms with van der Waals surface area (Å²) in [7, 11) is 0. The van der Waals surface area contributed by atoms with Crippen molar-refractivity contribution in [2.45, 2.75) is 40.3 Å². The van der Waals surface area contributed by atoms with Gasteiger partial charge in [-0.05, 0) is 12.3 Å². The summed E-state index contributed by atoms with van der Waals surface area (Å²) in [6.07, 6.45) is 2.27. The number of rotatable bonds is 4. The van der Waals surface area contributed by atoms with E-state index in [-0.39, 0.29) is 22.9 Å². The van der Waals surface area contributed by atoms with Crippen LogP contribution in [0.2, 0.25) is 0 Å². The Kier molecular flexibility index (Phi) is 3.93. The molecule has 0 radical (unpaired) electrons. The number of anilines is 1. The Morgan fingerprint density at radius 2 is 2.00 bits per heavy atom. The van der Waals surface area contributed by atoms with E-state index in [0.29, 0.717) is 13.1 Å². The highest BCUT2D eigenvalue weighted by Gasteiger charge is 2.09. The van der Waals surface area contributed by atoms with Crippen molar-refractivity contribution in [3.63, 3.8) is 0 Å². The third-order valence-corrected chi connectivity index (χ3v) is 2.28. The summed E-state index contributed by atoms with van der Waals surface area (Å²) >= 11 is 0. The molecule has 0 saturated carbocycles. The van der Waals surface area contributed by atoms with Gasteiger partial charge in [-0.25, -0.2) is 4.79 Å². The summed E-state index contributed by atoms with van der Waals surface area (Å²) in [5.41, 5.74) is 5.08. The number of hydrogen-bond acceptors (Lipinski definition) is 3. The Balaban J connectivity index is 3.34. The SMILES string of the molecule is CCCn1cc(N)c(=O)n(CC(C)C)c1=O. The second-order valence-electron chi connectivity index (χ2n) is 4.37. The smallest absolute Gasteiger partial charge is 0.331 e. The first kappa shape index (κ1) is 12.5. The van der Waals surface area contributed by atoms with Gasteiger partial charge in [0.15, 0.2) is 0 Å². The minimum Gasteiger partial charge on any atom is -0.393 e. The molecule has 0 aromatic carbocycles. The molecule has 5 heteroatoms. The summed E-state index contributed by atoms with van der Waals surface area (Å²) in [6, 6.07) is 0. The third-order valence-electron chi connectivity index (χ3n) is 2.28. The van der Waals surface area contributed by atoms with E-state index in [2.05, 4.69) is 0 Å². The molecule has 0 amide bonds. The highest BCUT2D eigenvalue weighted by molar-refractivity contribution is 5.30. The lowest BCUT2D eigenvalue weighted by molar-refractivity contribution is 0.468. The molecule has 0 aliphatic carbocycles. The Hall–Kier alpha value is -1.52. The molecule has 0 spiro atoms. The van der Waals surface area contributed by atoms with Crippen LogP contribution >= 0.6 is 0 Å². The van der Waals surface area contributed by atoms with Gasteiger partial charge in [0.05, 0.1) is 0 Å². The number of nitrogens with two attached hydrogens (primary N) is 1. The lowest BCUT2D eigenvalue weighted by atomic mass is 10.2. The van der Waals surface area contributed by atoms with Gasteiger partial charge in [-0.3, -0.25) is 13.9 Å². The molecular weight excluding hydrogens is 206 g/mol. The van der Waals surface area contributed by atoms with E-state index >= 15 is 0 Å². The van der Waals surface area contributed by atoms with Crippen LogP contribution in [0.25, 0.3) is 0 Å². The quantitative estimate of drug-likeness (QED) is 0.818. The second kappa shape index (κ2) is 5.01. The van der Waals surface area contributed by atoms with Crippen molar-refractivity contribution in [3.05, 3.63) is 27.0 Å². The normalized spacial score (nSPS) is 11.0. The number of nitrogens with zero attached hydrogens (tertiary/aromatic N) is 2. The van der Waals surface area contributed by atoms with Gasteiger partial charge < -0.3 is 5.73 Å². The lowest BCUT2D eigenvalue weighted by Crippen LogP contribution is -2.41. The van der Waals surface area contributed by atoms with E-state index < -0.39 is 0 Å². The molecule has 0 bridgehead atoms. The van der Waals surface area contributed by atoms with Crippen LogP contribution in [-0.4, -0.2) is 9.13 Å². The Labute approximate surface area is 94.5 Å². The van der Waals surface area contributed by atoms with Crippen molar-refractivity contribution >= 4 is 5.69 Å². The van der Waals surface area contributed by atoms with Crippen LogP contribution in [0.4, 0.5) is 5.69 Å². The summed E-state index contributed by atoms with van der Waals surface area (Å²) in [6.45, 7) is 6.88. The molecule has 1 heterocycles. The number of nitrogen functional groups attached to an aromatic ring is 1. The van der Waals surface area contributed by atoms with E-state index in [1.54, 1.807) is 0 Å². The topological polar surface area (TPSA) is 70.0 Å². The van der Waals surface area contributed by atoms with Gasteiger partial charge in [0.2, 0.25) is 0 Å².